The van der Waals surface area contributed by atoms with Gasteiger partial charge >= 0.3 is 5.97 Å². The maximum absolute atomic E-state index is 14.6. The van der Waals surface area contributed by atoms with Gasteiger partial charge in [-0.2, -0.15) is 0 Å². The van der Waals surface area contributed by atoms with Crippen LogP contribution in [0.1, 0.15) is 123 Å². The summed E-state index contributed by atoms with van der Waals surface area (Å²) in [4.78, 5) is 169. The highest BCUT2D eigenvalue weighted by Gasteiger charge is 2.38. The molecule has 34 heteroatoms. The molecule has 0 radical (unpaired) electrons. The first kappa shape index (κ1) is 82.1. The molecule has 34 nitrogen and oxygen atoms in total. The van der Waals surface area contributed by atoms with Crippen LogP contribution in [0.15, 0.2) is 75.8 Å². The zero-order chi connectivity index (χ0) is 73.2. The SMILES string of the molecule is CC[C@H](C)[C@H](NC(=O)[C@H](CC(N)=O)NC(=O)[C@H](CCCN=C(N)N)NC(=O)[C@@H](NC(=O)[C@H](Cc1c[nH]c2ccccc12)NC(=O)[C@@H](N)Cc1ccccc1)C(C)C)C(=O)N[C@@H](CCCN=C(N)N)C(=O)N[C@@H](CCCCN)C(=O)N[C@H](C(=O)N[C@@H](CCCN=C(N)N)C(=O)O)C(C)C. The fourth-order valence-corrected chi connectivity index (χ4v) is 10.3. The summed E-state index contributed by atoms with van der Waals surface area (Å²) in [7, 11) is 0. The Kier molecular flexibility index (Phi) is 35.6. The van der Waals surface area contributed by atoms with Crippen LogP contribution in [0.3, 0.4) is 0 Å². The minimum Gasteiger partial charge on any atom is -0.480 e. The van der Waals surface area contributed by atoms with Crippen molar-refractivity contribution in [2.75, 3.05) is 26.2 Å². The van der Waals surface area contributed by atoms with Crippen LogP contribution in [-0.4, -0.2) is 180 Å². The van der Waals surface area contributed by atoms with E-state index in [1.165, 1.54) is 0 Å². The number of carboxylic acid groups (broad SMARTS) is 1. The number of H-pyrrole nitrogens is 1. The van der Waals surface area contributed by atoms with E-state index in [-0.39, 0.29) is 108 Å². The van der Waals surface area contributed by atoms with E-state index >= 15 is 0 Å². The zero-order valence-corrected chi connectivity index (χ0v) is 56.8. The van der Waals surface area contributed by atoms with Crippen molar-refractivity contribution < 1.29 is 57.8 Å². The largest absolute Gasteiger partial charge is 0.480 e. The van der Waals surface area contributed by atoms with Gasteiger partial charge in [0.05, 0.1) is 12.5 Å². The Balaban J connectivity index is 1.96. The molecule has 0 bridgehead atoms. The summed E-state index contributed by atoms with van der Waals surface area (Å²) in [5.41, 5.74) is 53.1. The second kappa shape index (κ2) is 42.4. The number of hydrogen-bond acceptors (Lipinski definition) is 16. The van der Waals surface area contributed by atoms with Gasteiger partial charge in [0, 0.05) is 43.2 Å². The lowest BCUT2D eigenvalue weighted by atomic mass is 9.96. The third-order valence-electron chi connectivity index (χ3n) is 16.0. The van der Waals surface area contributed by atoms with E-state index in [2.05, 4.69) is 67.8 Å². The Morgan fingerprint density at radius 1 is 0.459 bits per heavy atom. The number of carboxylic acids is 1. The average molecular weight is 1370 g/mol. The van der Waals surface area contributed by atoms with Crippen LogP contribution >= 0.6 is 0 Å². The highest BCUT2D eigenvalue weighted by atomic mass is 16.4. The van der Waals surface area contributed by atoms with Crippen molar-refractivity contribution in [2.45, 2.75) is 185 Å². The number of carbonyl (C=O) groups is 11. The summed E-state index contributed by atoms with van der Waals surface area (Å²) < 4.78 is 0. The Morgan fingerprint density at radius 3 is 1.33 bits per heavy atom. The van der Waals surface area contributed by atoms with E-state index in [1.807, 2.05) is 42.5 Å². The molecule has 0 aliphatic carbocycles. The third-order valence-corrected chi connectivity index (χ3v) is 16.0. The molecular formula is C64H104N22O12. The lowest BCUT2D eigenvalue weighted by molar-refractivity contribution is -0.143. The molecule has 0 saturated carbocycles. The molecule has 29 N–H and O–H groups in total. The molecular weight excluding hydrogens is 1270 g/mol. The van der Waals surface area contributed by atoms with Gasteiger partial charge in [0.2, 0.25) is 59.1 Å². The highest BCUT2D eigenvalue weighted by Crippen LogP contribution is 2.21. The van der Waals surface area contributed by atoms with Crippen molar-refractivity contribution >= 4 is 93.8 Å². The smallest absolute Gasteiger partial charge is 0.326 e. The molecule has 0 unspecified atom stereocenters. The van der Waals surface area contributed by atoms with E-state index < -0.39 is 150 Å². The van der Waals surface area contributed by atoms with Gasteiger partial charge in [-0.15, -0.1) is 0 Å². The molecule has 0 aliphatic rings. The van der Waals surface area contributed by atoms with Crippen LogP contribution in [0.25, 0.3) is 10.9 Å². The van der Waals surface area contributed by atoms with Crippen molar-refractivity contribution in [1.82, 2.24) is 52.8 Å². The number of aliphatic carboxylic acids is 1. The minimum atomic E-state index is -1.80. The van der Waals surface area contributed by atoms with Crippen LogP contribution < -0.4 is 99.5 Å². The van der Waals surface area contributed by atoms with E-state index in [0.29, 0.717) is 18.4 Å². The first-order chi connectivity index (χ1) is 46.4. The molecule has 3 rings (SSSR count). The van der Waals surface area contributed by atoms with Crippen LogP contribution in [-0.2, 0) is 65.6 Å². The normalized spacial score (nSPS) is 14.5. The maximum Gasteiger partial charge on any atom is 0.326 e. The van der Waals surface area contributed by atoms with Crippen molar-refractivity contribution in [3.05, 3.63) is 71.9 Å². The van der Waals surface area contributed by atoms with E-state index in [0.717, 1.165) is 16.5 Å². The van der Waals surface area contributed by atoms with Crippen LogP contribution in [0.4, 0.5) is 0 Å². The van der Waals surface area contributed by atoms with Gasteiger partial charge in [-0.25, -0.2) is 4.79 Å². The fourth-order valence-electron chi connectivity index (χ4n) is 10.3. The number of guanidine groups is 3. The maximum atomic E-state index is 14.6. The number of carbonyl (C=O) groups excluding carboxylic acids is 10. The van der Waals surface area contributed by atoms with Gasteiger partial charge in [-0.3, -0.25) is 62.9 Å². The summed E-state index contributed by atoms with van der Waals surface area (Å²) >= 11 is 0. The third kappa shape index (κ3) is 29.1. The number of fused-ring (bicyclic) bond motifs is 1. The number of hydrogen-bond donors (Lipinski definition) is 20. The molecule has 0 spiro atoms. The average Bonchev–Trinajstić information content (AvgIpc) is 1.49. The van der Waals surface area contributed by atoms with Gasteiger partial charge in [0.1, 0.15) is 54.4 Å². The predicted molar refractivity (Wildman–Crippen MR) is 371 cm³/mol. The van der Waals surface area contributed by atoms with Gasteiger partial charge in [0.25, 0.3) is 0 Å². The number of aromatic amines is 1. The van der Waals surface area contributed by atoms with Gasteiger partial charge in [0.15, 0.2) is 17.9 Å². The second-order valence-corrected chi connectivity index (χ2v) is 24.7. The second-order valence-electron chi connectivity index (χ2n) is 24.7. The van der Waals surface area contributed by atoms with Gasteiger partial charge in [-0.05, 0) is 106 Å². The van der Waals surface area contributed by atoms with E-state index in [1.54, 1.807) is 59.9 Å². The molecule has 0 aliphatic heterocycles. The van der Waals surface area contributed by atoms with Crippen molar-refractivity contribution in [3.63, 3.8) is 0 Å². The zero-order valence-electron chi connectivity index (χ0n) is 56.8. The number of unbranched alkanes of at least 4 members (excludes halogenated alkanes) is 1. The lowest BCUT2D eigenvalue weighted by Gasteiger charge is -2.30. The monoisotopic (exact) mass is 1370 g/mol. The lowest BCUT2D eigenvalue weighted by Crippen LogP contribution is -2.62. The van der Waals surface area contributed by atoms with Crippen molar-refractivity contribution in [2.24, 2.45) is 84.3 Å². The molecule has 0 saturated heterocycles. The van der Waals surface area contributed by atoms with E-state index in [9.17, 15) is 57.8 Å². The number of primary amides is 1. The Bertz CT molecular complexity index is 3220. The molecule has 98 heavy (non-hydrogen) atoms. The Labute approximate surface area is 570 Å². The first-order valence-electron chi connectivity index (χ1n) is 32.8. The minimum absolute atomic E-state index is 0.00676. The summed E-state index contributed by atoms with van der Waals surface area (Å²) in [5, 5.41) is 34.4. The summed E-state index contributed by atoms with van der Waals surface area (Å²) in [6, 6.07) is 2.40. The number of aromatic nitrogens is 1. The quantitative estimate of drug-likeness (QED) is 0.0147. The molecule has 1 heterocycles. The number of aliphatic imine (C=N–C) groups is 3. The highest BCUT2D eigenvalue weighted by molar-refractivity contribution is 6.00. The van der Waals surface area contributed by atoms with Crippen LogP contribution in [0, 0.1) is 17.8 Å². The number of rotatable bonds is 45. The number of nitrogens with zero attached hydrogens (tertiary/aromatic N) is 3. The molecule has 11 atom stereocenters. The number of para-hydroxylation sites is 1. The Hall–Kier alpha value is -10.1. The molecule has 542 valence electrons. The molecule has 2 aromatic carbocycles. The van der Waals surface area contributed by atoms with Crippen LogP contribution in [0.5, 0.6) is 0 Å². The number of benzene rings is 2. The topological polar surface area (TPSA) is 603 Å². The first-order valence-corrected chi connectivity index (χ1v) is 32.8. The van der Waals surface area contributed by atoms with Crippen molar-refractivity contribution in [3.8, 4) is 0 Å². The standard InChI is InChI=1S/C64H104N22O12/c1-7-36(6)51(60(96)80-43(23-15-27-74-62(68)69)53(89)78-42(22-13-14-26-65)55(91)84-50(35(4)5)59(95)81-45(61(97)98)25-17-29-76-64(72)73)86-57(93)47(32-48(67)87)83-54(90)44(24-16-28-75-63(70)71)79-58(94)49(34(2)3)85-56(92)46(31-38-33-77-41-21-12-11-20-39(38)41)82-52(88)40(66)30-37-18-9-8-10-19-37/h8-12,18-21,33-36,40,42-47,49-51,77H,7,13-17,22-32,65-66H2,1-6H3,(H2,67,87)(H,78,89)(H,79,94)(H,80,96)(H,81,95)(H,82,88)(H,83,90)(H,84,91)(H,85,92)(H,86,93)(H,97,98)(H4,68,69,74)(H4,70,71,75)(H4,72,73,76)/t36-,40-,42-,43-,44-,45-,46-,47-,49-,50-,51-/m0/s1. The van der Waals surface area contributed by atoms with Gasteiger partial charge in [-0.1, -0.05) is 96.5 Å². The van der Waals surface area contributed by atoms with Crippen molar-refractivity contribution in [1.29, 1.82) is 0 Å². The Morgan fingerprint density at radius 2 is 0.857 bits per heavy atom. The summed E-state index contributed by atoms with van der Waals surface area (Å²) in [5.74, 6) is -12.9. The molecule has 10 amide bonds. The van der Waals surface area contributed by atoms with Crippen LogP contribution in [0.2, 0.25) is 0 Å². The fraction of sp³-hybridized carbons (Fsp3) is 0.562. The predicted octanol–water partition coefficient (Wildman–Crippen LogP) is -3.75. The molecule has 0 fully saturated rings. The number of amides is 10. The molecule has 3 aromatic rings. The van der Waals surface area contributed by atoms with Gasteiger partial charge < -0.3 is 110 Å². The molecule has 1 aromatic heterocycles. The van der Waals surface area contributed by atoms with E-state index in [4.69, 9.17) is 51.6 Å². The summed E-state index contributed by atoms with van der Waals surface area (Å²) in [6.45, 7) is 10.1. The number of nitrogens with two attached hydrogens (primary N) is 9. The number of nitrogens with one attached hydrogen (secondary N) is 10. The summed E-state index contributed by atoms with van der Waals surface area (Å²) in [6.07, 6.45) is 1.92.